The normalized spacial score (nSPS) is 19.0. The van der Waals surface area contributed by atoms with Gasteiger partial charge in [0, 0.05) is 32.1 Å². The molecule has 7 amide bonds. The topological polar surface area (TPSA) is 300 Å². The van der Waals surface area contributed by atoms with Gasteiger partial charge in [-0.05, 0) is 80.9 Å². The number of nitrogens with one attached hydrogen (secondary N) is 7. The van der Waals surface area contributed by atoms with Crippen LogP contribution >= 0.6 is 0 Å². The first-order chi connectivity index (χ1) is 34.2. The standard InChI is InChI=1S/C52H81N11O9/c1-8-33(6)44(61-46(65)38(54)21-15-16-23-53)50(69)57-37(27-35-17-11-9-12-18-35)29-55-42-30-62-24-22-43(63(62)51(42)70)49(68)59-39(25-31(2)3)47(66)56-34(7)45(64)58-40(28-36-19-13-10-14-20-36)48(67)60-41(52(71)72)26-32(4)5/h9-14,17-20,31-34,37-44,55H,8,15-16,21-30,53-54H2,1-7H3,(H,56,66)(H,57,69)(H,58,64)(H,59,68)(H,60,67)(H,61,65)(H,71,72)/t33?,34-,37?,38?,39?,40?,41-,42?,43?,44-/m0/s1. The molecule has 12 N–H and O–H groups in total. The van der Waals surface area contributed by atoms with Crippen molar-refractivity contribution in [1.82, 2.24) is 47.2 Å². The van der Waals surface area contributed by atoms with Crippen LogP contribution in [0.25, 0.3) is 0 Å². The van der Waals surface area contributed by atoms with Crippen molar-refractivity contribution in [3.8, 4) is 0 Å². The van der Waals surface area contributed by atoms with E-state index in [9.17, 15) is 43.5 Å². The maximum atomic E-state index is 14.1. The Morgan fingerprint density at radius 2 is 1.28 bits per heavy atom. The first kappa shape index (κ1) is 58.6. The molecule has 2 heterocycles. The molecule has 2 saturated heterocycles. The van der Waals surface area contributed by atoms with Crippen LogP contribution in [0.4, 0.5) is 0 Å². The average Bonchev–Trinajstić information content (AvgIpc) is 3.90. The quantitative estimate of drug-likeness (QED) is 0.0487. The predicted octanol–water partition coefficient (Wildman–Crippen LogP) is 0.869. The smallest absolute Gasteiger partial charge is 0.326 e. The summed E-state index contributed by atoms with van der Waals surface area (Å²) in [5, 5.41) is 33.1. The van der Waals surface area contributed by atoms with Crippen molar-refractivity contribution in [2.45, 2.75) is 161 Å². The van der Waals surface area contributed by atoms with Gasteiger partial charge in [-0.3, -0.25) is 38.6 Å². The number of nitrogens with zero attached hydrogens (tertiary/aromatic N) is 2. The van der Waals surface area contributed by atoms with Gasteiger partial charge in [0.2, 0.25) is 35.4 Å². The van der Waals surface area contributed by atoms with E-state index in [4.69, 9.17) is 11.5 Å². The molecule has 7 unspecified atom stereocenters. The zero-order chi connectivity index (χ0) is 53.1. The largest absolute Gasteiger partial charge is 0.480 e. The van der Waals surface area contributed by atoms with E-state index >= 15 is 0 Å². The number of nitrogens with two attached hydrogens (primary N) is 2. The van der Waals surface area contributed by atoms with Gasteiger partial charge < -0.3 is 53.8 Å². The number of carbonyl (C=O) groups excluding carboxylic acids is 7. The molecule has 2 aromatic rings. The number of fused-ring (bicyclic) bond motifs is 1. The maximum absolute atomic E-state index is 14.1. The van der Waals surface area contributed by atoms with E-state index in [1.807, 2.05) is 71.9 Å². The minimum Gasteiger partial charge on any atom is -0.480 e. The maximum Gasteiger partial charge on any atom is 0.326 e. The summed E-state index contributed by atoms with van der Waals surface area (Å²) in [5.74, 6) is -5.18. The third kappa shape index (κ3) is 18.0. The van der Waals surface area contributed by atoms with Crippen LogP contribution in [0.3, 0.4) is 0 Å². The molecule has 2 aliphatic heterocycles. The highest BCUT2D eigenvalue weighted by molar-refractivity contribution is 5.97. The lowest BCUT2D eigenvalue weighted by Crippen LogP contribution is -2.59. The molecule has 0 saturated carbocycles. The van der Waals surface area contributed by atoms with Crippen LogP contribution in [0.5, 0.6) is 0 Å². The first-order valence-corrected chi connectivity index (χ1v) is 25.6. The molecule has 72 heavy (non-hydrogen) atoms. The number of unbranched alkanes of at least 4 members (excludes halogenated alkanes) is 1. The summed E-state index contributed by atoms with van der Waals surface area (Å²) in [6.45, 7) is 14.1. The van der Waals surface area contributed by atoms with Crippen molar-refractivity contribution >= 4 is 47.3 Å². The number of hydrazine groups is 1. The van der Waals surface area contributed by atoms with E-state index in [-0.39, 0.29) is 61.9 Å². The van der Waals surface area contributed by atoms with Gasteiger partial charge in [-0.2, -0.15) is 0 Å². The van der Waals surface area contributed by atoms with Crippen LogP contribution in [0.15, 0.2) is 60.7 Å². The second-order valence-electron chi connectivity index (χ2n) is 20.2. The van der Waals surface area contributed by atoms with Crippen LogP contribution in [-0.4, -0.2) is 143 Å². The van der Waals surface area contributed by atoms with Gasteiger partial charge in [0.1, 0.15) is 42.3 Å². The Morgan fingerprint density at radius 3 is 1.86 bits per heavy atom. The van der Waals surface area contributed by atoms with Gasteiger partial charge in [0.15, 0.2) is 0 Å². The molecule has 20 heteroatoms. The number of benzene rings is 2. The Bertz CT molecular complexity index is 2110. The van der Waals surface area contributed by atoms with Gasteiger partial charge in [-0.25, -0.2) is 9.80 Å². The van der Waals surface area contributed by atoms with Crippen molar-refractivity contribution in [2.75, 3.05) is 26.2 Å². The van der Waals surface area contributed by atoms with Gasteiger partial charge >= 0.3 is 5.97 Å². The second kappa shape index (κ2) is 28.9. The lowest BCUT2D eigenvalue weighted by Gasteiger charge is -2.29. The molecule has 0 radical (unpaired) electrons. The van der Waals surface area contributed by atoms with Crippen molar-refractivity contribution in [3.63, 3.8) is 0 Å². The fourth-order valence-corrected chi connectivity index (χ4v) is 8.93. The highest BCUT2D eigenvalue weighted by Gasteiger charge is 2.49. The third-order valence-corrected chi connectivity index (χ3v) is 13.2. The van der Waals surface area contributed by atoms with E-state index in [1.165, 1.54) is 11.9 Å². The molecule has 2 fully saturated rings. The third-order valence-electron chi connectivity index (χ3n) is 13.2. The average molecular weight is 1000 g/mol. The van der Waals surface area contributed by atoms with E-state index < -0.39 is 89.9 Å². The second-order valence-corrected chi connectivity index (χ2v) is 20.2. The van der Waals surface area contributed by atoms with Crippen LogP contribution in [0.1, 0.15) is 105 Å². The van der Waals surface area contributed by atoms with E-state index in [0.29, 0.717) is 45.2 Å². The molecule has 20 nitrogen and oxygen atoms in total. The summed E-state index contributed by atoms with van der Waals surface area (Å²) in [6, 6.07) is 10.1. The Morgan fingerprint density at radius 1 is 0.694 bits per heavy atom. The summed E-state index contributed by atoms with van der Waals surface area (Å²) in [5.41, 5.74) is 13.5. The highest BCUT2D eigenvalue weighted by Crippen LogP contribution is 2.26. The molecule has 0 aromatic heterocycles. The van der Waals surface area contributed by atoms with Gasteiger partial charge in [-0.15, -0.1) is 0 Å². The molecule has 0 bridgehead atoms. The summed E-state index contributed by atoms with van der Waals surface area (Å²) in [4.78, 5) is 108. The zero-order valence-corrected chi connectivity index (χ0v) is 43.2. The molecular formula is C52H81N11O9. The minimum atomic E-state index is -1.20. The Kier molecular flexibility index (Phi) is 23.5. The fourth-order valence-electron chi connectivity index (χ4n) is 8.93. The van der Waals surface area contributed by atoms with Crippen LogP contribution < -0.4 is 48.7 Å². The van der Waals surface area contributed by atoms with Crippen LogP contribution in [0.2, 0.25) is 0 Å². The van der Waals surface area contributed by atoms with Gasteiger partial charge in [-0.1, -0.05) is 115 Å². The molecule has 10 atom stereocenters. The molecule has 0 spiro atoms. The fraction of sp³-hybridized carbons (Fsp3) is 0.615. The molecule has 2 aliphatic rings. The molecule has 2 aromatic carbocycles. The lowest BCUT2D eigenvalue weighted by molar-refractivity contribution is -0.145. The molecule has 0 aliphatic carbocycles. The number of rotatable bonds is 30. The minimum absolute atomic E-state index is 0.0308. The Hall–Kier alpha value is -5.96. The molecule has 4 rings (SSSR count). The van der Waals surface area contributed by atoms with Crippen molar-refractivity contribution in [1.29, 1.82) is 0 Å². The number of hydrogen-bond acceptors (Lipinski definition) is 12. The van der Waals surface area contributed by atoms with Crippen molar-refractivity contribution < 1.29 is 43.5 Å². The molecular weight excluding hydrogens is 923 g/mol. The Labute approximate surface area is 424 Å². The van der Waals surface area contributed by atoms with Gasteiger partial charge in [0.25, 0.3) is 5.91 Å². The van der Waals surface area contributed by atoms with E-state index in [2.05, 4.69) is 37.2 Å². The van der Waals surface area contributed by atoms with Crippen molar-refractivity contribution in [2.24, 2.45) is 29.2 Å². The van der Waals surface area contributed by atoms with E-state index in [0.717, 1.165) is 17.5 Å². The number of hydrogen-bond donors (Lipinski definition) is 10. The van der Waals surface area contributed by atoms with Crippen LogP contribution in [0, 0.1) is 17.8 Å². The van der Waals surface area contributed by atoms with Gasteiger partial charge in [0.05, 0.1) is 6.04 Å². The van der Waals surface area contributed by atoms with Crippen LogP contribution in [-0.2, 0) is 51.2 Å². The number of aliphatic carboxylic acids is 1. The Balaban J connectivity index is 1.41. The first-order valence-electron chi connectivity index (χ1n) is 25.6. The van der Waals surface area contributed by atoms with Crippen molar-refractivity contribution in [3.05, 3.63) is 71.8 Å². The summed E-state index contributed by atoms with van der Waals surface area (Å²) in [7, 11) is 0. The number of carbonyl (C=O) groups is 8. The number of amides is 7. The predicted molar refractivity (Wildman–Crippen MR) is 273 cm³/mol. The molecule has 398 valence electrons. The monoisotopic (exact) mass is 1000 g/mol. The lowest BCUT2D eigenvalue weighted by atomic mass is 9.96. The zero-order valence-electron chi connectivity index (χ0n) is 43.2. The number of carboxylic acid groups (broad SMARTS) is 1. The SMILES string of the molecule is CCC(C)[C@H](NC(=O)C(N)CCCCN)C(=O)NC(CNC1CN2CCC(C(=O)NC(CC(C)C)C(=O)N[C@@H](C)C(=O)NC(Cc3ccccc3)C(=O)N[C@@H](CC(C)C)C(=O)O)N2C1=O)Cc1ccccc1. The summed E-state index contributed by atoms with van der Waals surface area (Å²) in [6.07, 6.45) is 3.67. The van der Waals surface area contributed by atoms with E-state index in [1.54, 1.807) is 35.3 Å². The highest BCUT2D eigenvalue weighted by atomic mass is 16.4. The number of carboxylic acids is 1. The summed E-state index contributed by atoms with van der Waals surface area (Å²) >= 11 is 0. The summed E-state index contributed by atoms with van der Waals surface area (Å²) < 4.78 is 0.